The fourth-order valence-corrected chi connectivity index (χ4v) is 10.4. The van der Waals surface area contributed by atoms with E-state index in [1.54, 1.807) is 6.07 Å². The van der Waals surface area contributed by atoms with Crippen molar-refractivity contribution in [2.24, 2.45) is 0 Å². The molecule has 3 aromatic heterocycles. The van der Waals surface area contributed by atoms with Gasteiger partial charge in [-0.25, -0.2) is 4.98 Å². The molecule has 0 aliphatic carbocycles. The fraction of sp³-hybridized carbons (Fsp3) is 0.294. The molecule has 0 bridgehead atoms. The van der Waals surface area contributed by atoms with Crippen LogP contribution in [0, 0.1) is 0 Å². The Kier molecular flexibility index (Phi) is 11.8. The van der Waals surface area contributed by atoms with Gasteiger partial charge in [-0.1, -0.05) is 165 Å². The molecule has 0 radical (unpaired) electrons. The zero-order valence-corrected chi connectivity index (χ0v) is 45.7. The third kappa shape index (κ3) is 9.17. The Morgan fingerprint density at radius 1 is 0.384 bits per heavy atom. The monoisotopic (exact) mass is 961 g/mol. The van der Waals surface area contributed by atoms with Crippen molar-refractivity contribution in [1.82, 2.24) is 19.1 Å². The maximum absolute atomic E-state index is 11.5. The summed E-state index contributed by atoms with van der Waals surface area (Å²) in [6.45, 7) is 34.3. The molecule has 0 amide bonds. The van der Waals surface area contributed by atoms with Crippen molar-refractivity contribution in [3.8, 4) is 62.0 Å². The molecule has 0 fully saturated rings. The number of pyridine rings is 1. The van der Waals surface area contributed by atoms with E-state index in [9.17, 15) is 5.11 Å². The third-order valence-electron chi connectivity index (χ3n) is 14.8. The summed E-state index contributed by atoms with van der Waals surface area (Å²) >= 11 is 0. The zero-order valence-electron chi connectivity index (χ0n) is 45.7. The lowest BCUT2D eigenvalue weighted by molar-refractivity contribution is 0.477. The Labute approximate surface area is 433 Å². The van der Waals surface area contributed by atoms with Gasteiger partial charge in [-0.3, -0.25) is 9.55 Å². The van der Waals surface area contributed by atoms with Crippen molar-refractivity contribution in [2.45, 2.75) is 131 Å². The minimum Gasteiger partial charge on any atom is -0.507 e. The second kappa shape index (κ2) is 17.5. The van der Waals surface area contributed by atoms with Crippen LogP contribution in [0.1, 0.15) is 132 Å². The van der Waals surface area contributed by atoms with Gasteiger partial charge in [0.05, 0.1) is 33.3 Å². The molecule has 10 aromatic rings. The predicted octanol–water partition coefficient (Wildman–Crippen LogP) is 18.4. The molecule has 0 aliphatic heterocycles. The molecule has 7 aromatic carbocycles. The Balaban J connectivity index is 1.19. The van der Waals surface area contributed by atoms with E-state index in [-0.39, 0.29) is 32.8 Å². The summed E-state index contributed by atoms with van der Waals surface area (Å²) in [4.78, 5) is 10.7. The van der Waals surface area contributed by atoms with Crippen LogP contribution in [0.25, 0.3) is 89.1 Å². The first-order valence-electron chi connectivity index (χ1n) is 26.0. The van der Waals surface area contributed by atoms with Crippen molar-refractivity contribution in [1.29, 1.82) is 0 Å². The lowest BCUT2D eigenvalue weighted by Gasteiger charge is -2.27. The van der Waals surface area contributed by atoms with E-state index in [1.807, 2.05) is 24.4 Å². The highest BCUT2D eigenvalue weighted by Crippen LogP contribution is 2.45. The van der Waals surface area contributed by atoms with Crippen molar-refractivity contribution < 1.29 is 5.11 Å². The van der Waals surface area contributed by atoms with Gasteiger partial charge in [-0.05, 0) is 163 Å². The fourth-order valence-electron chi connectivity index (χ4n) is 10.4. The number of phenols is 1. The van der Waals surface area contributed by atoms with E-state index in [0.717, 1.165) is 50.4 Å². The molecule has 0 unspecified atom stereocenters. The second-order valence-corrected chi connectivity index (χ2v) is 25.5. The summed E-state index contributed by atoms with van der Waals surface area (Å²) in [5, 5.41) is 14.0. The molecule has 5 heteroatoms. The van der Waals surface area contributed by atoms with Crippen LogP contribution in [-0.4, -0.2) is 24.2 Å². The molecule has 370 valence electrons. The minimum atomic E-state index is -0.171. The lowest BCUT2D eigenvalue weighted by atomic mass is 9.80. The number of fused-ring (bicyclic) bond motifs is 4. The standard InChI is InChI=1S/C68H72N4O/c1-64(2,3)45-28-29-58-54(39-45)55-40-56(68(13,14)15)53(41-60(55)71(58)49-22-17-16-18-23-49)42-30-31-69-57(35-42)44-32-43(33-46(34-44)65(4,5)6)51-25-21-26-59-62(51)70-63(52-24-19-20-27-61(52)73)72(59)50-37-47(66(7,8)9)36-48(38-50)67(10,11)12/h16-41,73H,1-15H3. The molecule has 0 aliphatic rings. The van der Waals surface area contributed by atoms with Crippen LogP contribution in [-0.2, 0) is 27.1 Å². The molecule has 0 atom stereocenters. The van der Waals surface area contributed by atoms with Gasteiger partial charge in [-0.2, -0.15) is 0 Å². The molecule has 10 rings (SSSR count). The summed E-state index contributed by atoms with van der Waals surface area (Å²) < 4.78 is 4.69. The second-order valence-electron chi connectivity index (χ2n) is 25.5. The quantitative estimate of drug-likeness (QED) is 0.181. The zero-order chi connectivity index (χ0) is 52.2. The molecule has 0 saturated heterocycles. The maximum Gasteiger partial charge on any atom is 0.149 e. The molecule has 5 nitrogen and oxygen atoms in total. The van der Waals surface area contributed by atoms with Gasteiger partial charge < -0.3 is 9.67 Å². The van der Waals surface area contributed by atoms with Gasteiger partial charge in [-0.15, -0.1) is 0 Å². The number of aromatic hydroxyl groups is 1. The predicted molar refractivity (Wildman–Crippen MR) is 310 cm³/mol. The lowest BCUT2D eigenvalue weighted by Crippen LogP contribution is -2.17. The summed E-state index contributed by atoms with van der Waals surface area (Å²) in [5.41, 5.74) is 19.2. The van der Waals surface area contributed by atoms with E-state index < -0.39 is 0 Å². The van der Waals surface area contributed by atoms with E-state index in [4.69, 9.17) is 9.97 Å². The minimum absolute atomic E-state index is 0.0120. The summed E-state index contributed by atoms with van der Waals surface area (Å²) in [6.07, 6.45) is 1.98. The number of benzene rings is 7. The summed E-state index contributed by atoms with van der Waals surface area (Å²) in [6, 6.07) is 55.1. The molecule has 1 N–H and O–H groups in total. The highest BCUT2D eigenvalue weighted by atomic mass is 16.3. The van der Waals surface area contributed by atoms with E-state index >= 15 is 0 Å². The van der Waals surface area contributed by atoms with Gasteiger partial charge in [0.2, 0.25) is 0 Å². The summed E-state index contributed by atoms with van der Waals surface area (Å²) in [7, 11) is 0. The van der Waals surface area contributed by atoms with Crippen LogP contribution in [0.5, 0.6) is 5.75 Å². The number of imidazole rings is 1. The number of para-hydroxylation sites is 3. The first-order valence-corrected chi connectivity index (χ1v) is 26.0. The average molecular weight is 961 g/mol. The highest BCUT2D eigenvalue weighted by molar-refractivity contribution is 6.11. The summed E-state index contributed by atoms with van der Waals surface area (Å²) in [5.74, 6) is 0.886. The first-order chi connectivity index (χ1) is 34.3. The van der Waals surface area contributed by atoms with Gasteiger partial charge >= 0.3 is 0 Å². The van der Waals surface area contributed by atoms with Crippen molar-refractivity contribution in [3.63, 3.8) is 0 Å². The molecular weight excluding hydrogens is 889 g/mol. The SMILES string of the molecule is CC(C)(C)c1cc(-c2cc(-c3cc4c(cc3C(C)(C)C)c3cc(C(C)(C)C)ccc3n4-c3ccccc3)ccn2)cc(-c2cccc3c2nc(-c2ccccc2O)n3-c2cc(C(C)(C)C)cc(C(C)(C)C)c2)c1. The number of hydrogen-bond donors (Lipinski definition) is 1. The Bertz CT molecular complexity index is 3720. The average Bonchev–Trinajstić information content (AvgIpc) is 3.88. The smallest absolute Gasteiger partial charge is 0.149 e. The van der Waals surface area contributed by atoms with Crippen molar-refractivity contribution in [2.75, 3.05) is 0 Å². The van der Waals surface area contributed by atoms with Crippen LogP contribution in [0.3, 0.4) is 0 Å². The van der Waals surface area contributed by atoms with Crippen LogP contribution in [0.2, 0.25) is 0 Å². The Morgan fingerprint density at radius 2 is 0.986 bits per heavy atom. The topological polar surface area (TPSA) is 55.9 Å². The van der Waals surface area contributed by atoms with E-state index in [2.05, 4.69) is 240 Å². The van der Waals surface area contributed by atoms with Gasteiger partial charge in [0, 0.05) is 39.5 Å². The number of hydrogen-bond acceptors (Lipinski definition) is 3. The third-order valence-corrected chi connectivity index (χ3v) is 14.8. The molecule has 0 saturated carbocycles. The molecule has 3 heterocycles. The first kappa shape index (κ1) is 49.3. The van der Waals surface area contributed by atoms with Crippen LogP contribution < -0.4 is 0 Å². The molecule has 73 heavy (non-hydrogen) atoms. The van der Waals surface area contributed by atoms with E-state index in [1.165, 1.54) is 55.2 Å². The molecular formula is C68H72N4O. The Hall–Kier alpha value is -7.24. The van der Waals surface area contributed by atoms with Crippen LogP contribution >= 0.6 is 0 Å². The normalized spacial score (nSPS) is 12.9. The molecule has 0 spiro atoms. The number of nitrogens with zero attached hydrogens (tertiary/aromatic N) is 4. The number of phenolic OH excluding ortho intramolecular Hbond substituents is 1. The highest BCUT2D eigenvalue weighted by Gasteiger charge is 2.28. The largest absolute Gasteiger partial charge is 0.507 e. The number of rotatable bonds is 6. The van der Waals surface area contributed by atoms with Gasteiger partial charge in [0.15, 0.2) is 0 Å². The van der Waals surface area contributed by atoms with Crippen molar-refractivity contribution >= 4 is 32.8 Å². The number of aromatic nitrogens is 4. The van der Waals surface area contributed by atoms with Gasteiger partial charge in [0.25, 0.3) is 0 Å². The van der Waals surface area contributed by atoms with Crippen molar-refractivity contribution in [3.05, 3.63) is 186 Å². The maximum atomic E-state index is 11.5. The van der Waals surface area contributed by atoms with E-state index in [0.29, 0.717) is 11.4 Å². The van der Waals surface area contributed by atoms with Crippen LogP contribution in [0.4, 0.5) is 0 Å². The van der Waals surface area contributed by atoms with Crippen LogP contribution in [0.15, 0.2) is 158 Å². The Morgan fingerprint density at radius 3 is 1.63 bits per heavy atom. The van der Waals surface area contributed by atoms with Gasteiger partial charge in [0.1, 0.15) is 11.6 Å².